The van der Waals surface area contributed by atoms with Gasteiger partial charge in [0, 0.05) is 17.5 Å². The molecule has 8 heteroatoms. The number of aryl methyl sites for hydroxylation is 1. The van der Waals surface area contributed by atoms with Crippen LogP contribution >= 0.6 is 0 Å². The second-order valence-corrected chi connectivity index (χ2v) is 6.68. The van der Waals surface area contributed by atoms with E-state index in [1.54, 1.807) is 31.3 Å². The fourth-order valence-corrected chi connectivity index (χ4v) is 2.92. The molecule has 0 spiro atoms. The second kappa shape index (κ2) is 8.12. The van der Waals surface area contributed by atoms with Crippen molar-refractivity contribution in [1.82, 2.24) is 15.4 Å². The van der Waals surface area contributed by atoms with Crippen molar-refractivity contribution in [3.63, 3.8) is 0 Å². The Morgan fingerprint density at radius 2 is 2.00 bits per heavy atom. The standard InChI is InChI=1S/C22H18N4O4/c1-13-9-21(27)30-20-10-16(7-8-17(13)20)29-14(2)22(28)26-24-12-15-11-23-18-5-3-4-6-19(18)25-15/h3-12,14H,1-2H3,(H,26,28)/b24-12-/t14-/m0/s1. The summed E-state index contributed by atoms with van der Waals surface area (Å²) in [6.07, 6.45) is 2.17. The molecule has 4 aromatic rings. The van der Waals surface area contributed by atoms with E-state index in [1.807, 2.05) is 31.2 Å². The third-order valence-corrected chi connectivity index (χ3v) is 4.44. The number of rotatable bonds is 5. The zero-order valence-corrected chi connectivity index (χ0v) is 16.3. The minimum absolute atomic E-state index is 0.401. The fraction of sp³-hybridized carbons (Fsp3) is 0.136. The Balaban J connectivity index is 1.41. The molecule has 0 fully saturated rings. The van der Waals surface area contributed by atoms with Gasteiger partial charge in [0.05, 0.1) is 23.4 Å². The van der Waals surface area contributed by atoms with E-state index in [1.165, 1.54) is 12.3 Å². The molecule has 1 amide bonds. The maximum Gasteiger partial charge on any atom is 0.336 e. The van der Waals surface area contributed by atoms with Crippen molar-refractivity contribution < 1.29 is 13.9 Å². The van der Waals surface area contributed by atoms with Gasteiger partial charge < -0.3 is 9.15 Å². The Labute approximate surface area is 171 Å². The SMILES string of the molecule is Cc1cc(=O)oc2cc(O[C@@H](C)C(=O)N/N=C\c3cnc4ccccc4n3)ccc12. The van der Waals surface area contributed by atoms with Gasteiger partial charge in [-0.1, -0.05) is 12.1 Å². The normalized spacial score (nSPS) is 12.3. The first-order chi connectivity index (χ1) is 14.5. The van der Waals surface area contributed by atoms with E-state index in [4.69, 9.17) is 9.15 Å². The van der Waals surface area contributed by atoms with Crippen LogP contribution < -0.4 is 15.8 Å². The predicted molar refractivity (Wildman–Crippen MR) is 113 cm³/mol. The van der Waals surface area contributed by atoms with Crippen LogP contribution in [0.25, 0.3) is 22.0 Å². The number of carbonyl (C=O) groups excluding carboxylic acids is 1. The summed E-state index contributed by atoms with van der Waals surface area (Å²) < 4.78 is 10.8. The number of aromatic nitrogens is 2. The van der Waals surface area contributed by atoms with E-state index in [2.05, 4.69) is 20.5 Å². The molecule has 2 aromatic carbocycles. The van der Waals surface area contributed by atoms with Gasteiger partial charge >= 0.3 is 5.63 Å². The average Bonchev–Trinajstić information content (AvgIpc) is 2.73. The van der Waals surface area contributed by atoms with E-state index in [0.717, 1.165) is 22.0 Å². The first-order valence-corrected chi connectivity index (χ1v) is 9.25. The molecule has 1 N–H and O–H groups in total. The zero-order chi connectivity index (χ0) is 21.1. The highest BCUT2D eigenvalue weighted by Crippen LogP contribution is 2.23. The molecule has 0 aliphatic heterocycles. The first-order valence-electron chi connectivity index (χ1n) is 9.25. The maximum absolute atomic E-state index is 12.3. The molecule has 4 rings (SSSR count). The lowest BCUT2D eigenvalue weighted by atomic mass is 10.1. The monoisotopic (exact) mass is 402 g/mol. The van der Waals surface area contributed by atoms with Crippen molar-refractivity contribution in [3.8, 4) is 5.75 Å². The number of carbonyl (C=O) groups is 1. The topological polar surface area (TPSA) is 107 Å². The number of fused-ring (bicyclic) bond motifs is 2. The van der Waals surface area contributed by atoms with Crippen LogP contribution in [0.2, 0.25) is 0 Å². The number of hydrogen-bond donors (Lipinski definition) is 1. The van der Waals surface area contributed by atoms with Crippen LogP contribution in [0.5, 0.6) is 5.75 Å². The number of ether oxygens (including phenoxy) is 1. The molecule has 0 saturated carbocycles. The Kier molecular flexibility index (Phi) is 5.21. The lowest BCUT2D eigenvalue weighted by molar-refractivity contribution is -0.127. The number of nitrogens with zero attached hydrogens (tertiary/aromatic N) is 3. The lowest BCUT2D eigenvalue weighted by Crippen LogP contribution is -2.33. The summed E-state index contributed by atoms with van der Waals surface area (Å²) in [4.78, 5) is 32.5. The summed E-state index contributed by atoms with van der Waals surface area (Å²) in [6.45, 7) is 3.42. The Morgan fingerprint density at radius 3 is 2.83 bits per heavy atom. The van der Waals surface area contributed by atoms with Crippen molar-refractivity contribution in [2.45, 2.75) is 20.0 Å². The Morgan fingerprint density at radius 1 is 1.20 bits per heavy atom. The molecule has 0 unspecified atom stereocenters. The van der Waals surface area contributed by atoms with E-state index < -0.39 is 17.6 Å². The van der Waals surface area contributed by atoms with E-state index in [-0.39, 0.29) is 0 Å². The predicted octanol–water partition coefficient (Wildman–Crippen LogP) is 2.96. The molecular weight excluding hydrogens is 384 g/mol. The molecule has 2 heterocycles. The highest BCUT2D eigenvalue weighted by atomic mass is 16.5. The summed E-state index contributed by atoms with van der Waals surface area (Å²) >= 11 is 0. The molecule has 8 nitrogen and oxygen atoms in total. The van der Waals surface area contributed by atoms with Crippen LogP contribution in [-0.4, -0.2) is 28.2 Å². The van der Waals surface area contributed by atoms with Crippen molar-refractivity contribution >= 4 is 34.1 Å². The van der Waals surface area contributed by atoms with Crippen LogP contribution in [-0.2, 0) is 4.79 Å². The molecule has 0 radical (unpaired) electrons. The molecule has 30 heavy (non-hydrogen) atoms. The van der Waals surface area contributed by atoms with Crippen LogP contribution in [0.3, 0.4) is 0 Å². The third kappa shape index (κ3) is 4.17. The van der Waals surface area contributed by atoms with Crippen LogP contribution in [0.1, 0.15) is 18.2 Å². The summed E-state index contributed by atoms with van der Waals surface area (Å²) in [5.41, 5.74) is 5.23. The highest BCUT2D eigenvalue weighted by molar-refractivity contribution is 5.85. The first kappa shape index (κ1) is 19.3. The molecule has 0 aliphatic rings. The average molecular weight is 402 g/mol. The van der Waals surface area contributed by atoms with Gasteiger partial charge in [0.25, 0.3) is 5.91 Å². The van der Waals surface area contributed by atoms with Crippen LogP contribution in [0.15, 0.2) is 69.0 Å². The minimum Gasteiger partial charge on any atom is -0.481 e. The van der Waals surface area contributed by atoms with E-state index in [0.29, 0.717) is 17.0 Å². The number of amides is 1. The smallest absolute Gasteiger partial charge is 0.336 e. The van der Waals surface area contributed by atoms with Gasteiger partial charge in [0.1, 0.15) is 17.0 Å². The maximum atomic E-state index is 12.3. The second-order valence-electron chi connectivity index (χ2n) is 6.68. The molecule has 0 aliphatic carbocycles. The molecule has 2 aromatic heterocycles. The van der Waals surface area contributed by atoms with E-state index >= 15 is 0 Å². The molecule has 0 saturated heterocycles. The number of para-hydroxylation sites is 2. The number of nitrogens with one attached hydrogen (secondary N) is 1. The van der Waals surface area contributed by atoms with Crippen LogP contribution in [0.4, 0.5) is 0 Å². The van der Waals surface area contributed by atoms with Gasteiger partial charge in [0.2, 0.25) is 0 Å². The number of benzene rings is 2. The zero-order valence-electron chi connectivity index (χ0n) is 16.3. The Bertz CT molecular complexity index is 1330. The largest absolute Gasteiger partial charge is 0.481 e. The molecular formula is C22H18N4O4. The molecule has 150 valence electrons. The van der Waals surface area contributed by atoms with Crippen molar-refractivity contribution in [2.24, 2.45) is 5.10 Å². The van der Waals surface area contributed by atoms with E-state index in [9.17, 15) is 9.59 Å². The highest BCUT2D eigenvalue weighted by Gasteiger charge is 2.15. The van der Waals surface area contributed by atoms with Gasteiger partial charge in [-0.3, -0.25) is 9.78 Å². The quantitative estimate of drug-likeness (QED) is 0.312. The summed E-state index contributed by atoms with van der Waals surface area (Å²) in [5.74, 6) is -0.0333. The minimum atomic E-state index is -0.821. The number of hydrazone groups is 1. The summed E-state index contributed by atoms with van der Waals surface area (Å²) in [6, 6.07) is 14.0. The molecule has 0 bridgehead atoms. The summed E-state index contributed by atoms with van der Waals surface area (Å²) in [7, 11) is 0. The fourth-order valence-electron chi connectivity index (χ4n) is 2.92. The van der Waals surface area contributed by atoms with Crippen molar-refractivity contribution in [3.05, 3.63) is 76.4 Å². The number of hydrogen-bond acceptors (Lipinski definition) is 7. The van der Waals surface area contributed by atoms with Crippen LogP contribution in [0, 0.1) is 6.92 Å². The van der Waals surface area contributed by atoms with Gasteiger partial charge in [-0.15, -0.1) is 0 Å². The summed E-state index contributed by atoms with van der Waals surface area (Å²) in [5, 5.41) is 4.72. The van der Waals surface area contributed by atoms with Crippen molar-refractivity contribution in [1.29, 1.82) is 0 Å². The van der Waals surface area contributed by atoms with Crippen molar-refractivity contribution in [2.75, 3.05) is 0 Å². The lowest BCUT2D eigenvalue weighted by Gasteiger charge is -2.13. The van der Waals surface area contributed by atoms with Gasteiger partial charge in [-0.2, -0.15) is 5.10 Å². The van der Waals surface area contributed by atoms with Gasteiger partial charge in [-0.05, 0) is 43.7 Å². The van der Waals surface area contributed by atoms with Gasteiger partial charge in [0.15, 0.2) is 6.10 Å². The molecule has 1 atom stereocenters. The van der Waals surface area contributed by atoms with Gasteiger partial charge in [-0.25, -0.2) is 15.2 Å². The Hall–Kier alpha value is -4.07. The third-order valence-electron chi connectivity index (χ3n) is 4.44.